The van der Waals surface area contributed by atoms with Crippen molar-refractivity contribution in [1.82, 2.24) is 10.6 Å². The Morgan fingerprint density at radius 1 is 1.38 bits per heavy atom. The maximum atomic E-state index is 12.2. The van der Waals surface area contributed by atoms with Gasteiger partial charge >= 0.3 is 0 Å². The van der Waals surface area contributed by atoms with Gasteiger partial charge in [-0.3, -0.25) is 4.79 Å². The van der Waals surface area contributed by atoms with Gasteiger partial charge in [0.25, 0.3) is 0 Å². The highest BCUT2D eigenvalue weighted by atomic mass is 35.5. The first kappa shape index (κ1) is 18.0. The molecule has 0 aliphatic carbocycles. The van der Waals surface area contributed by atoms with Crippen molar-refractivity contribution in [2.75, 3.05) is 13.1 Å². The first-order valence-electron chi connectivity index (χ1n) is 7.29. The molecule has 1 saturated heterocycles. The molecule has 1 fully saturated rings. The zero-order valence-corrected chi connectivity index (χ0v) is 13.5. The van der Waals surface area contributed by atoms with E-state index in [1.807, 2.05) is 38.1 Å². The third kappa shape index (κ3) is 4.70. The Balaban J connectivity index is 0.00000220. The van der Waals surface area contributed by atoms with E-state index in [9.17, 15) is 9.90 Å². The van der Waals surface area contributed by atoms with Gasteiger partial charge in [-0.1, -0.05) is 29.8 Å². The molecular weight excluding hydrogens is 288 g/mol. The van der Waals surface area contributed by atoms with Crippen LogP contribution in [0.4, 0.5) is 0 Å². The van der Waals surface area contributed by atoms with Gasteiger partial charge in [0, 0.05) is 6.54 Å². The van der Waals surface area contributed by atoms with Crippen LogP contribution in [0.5, 0.6) is 0 Å². The van der Waals surface area contributed by atoms with E-state index in [-0.39, 0.29) is 24.9 Å². The molecule has 0 saturated carbocycles. The third-order valence-corrected chi connectivity index (χ3v) is 4.04. The number of piperidine rings is 1. The van der Waals surface area contributed by atoms with Crippen LogP contribution in [0.1, 0.15) is 43.4 Å². The van der Waals surface area contributed by atoms with Crippen molar-refractivity contribution >= 4 is 18.3 Å². The quantitative estimate of drug-likeness (QED) is 0.798. The molecule has 0 radical (unpaired) electrons. The molecule has 118 valence electrons. The van der Waals surface area contributed by atoms with Crippen molar-refractivity contribution in [2.24, 2.45) is 0 Å². The highest BCUT2D eigenvalue weighted by Gasteiger charge is 2.34. The molecular formula is C16H25ClN2O2. The van der Waals surface area contributed by atoms with Crippen LogP contribution < -0.4 is 10.6 Å². The fourth-order valence-electron chi connectivity index (χ4n) is 2.54. The van der Waals surface area contributed by atoms with Crippen LogP contribution in [0, 0.1) is 6.92 Å². The van der Waals surface area contributed by atoms with Crippen LogP contribution in [0.2, 0.25) is 0 Å². The molecule has 1 heterocycles. The fraction of sp³-hybridized carbons (Fsp3) is 0.562. The molecule has 0 aromatic heterocycles. The molecule has 1 aromatic carbocycles. The number of rotatable bonds is 4. The molecule has 0 spiro atoms. The number of nitrogens with one attached hydrogen (secondary N) is 2. The van der Waals surface area contributed by atoms with Gasteiger partial charge in [-0.15, -0.1) is 12.4 Å². The number of hydrogen-bond donors (Lipinski definition) is 3. The molecule has 2 rings (SSSR count). The lowest BCUT2D eigenvalue weighted by molar-refractivity contribution is -0.128. The molecule has 1 amide bonds. The molecule has 0 bridgehead atoms. The lowest BCUT2D eigenvalue weighted by Crippen LogP contribution is -2.57. The van der Waals surface area contributed by atoms with Gasteiger partial charge in [-0.2, -0.15) is 0 Å². The molecule has 3 N–H and O–H groups in total. The van der Waals surface area contributed by atoms with Gasteiger partial charge in [0.2, 0.25) is 5.91 Å². The number of halogens is 1. The van der Waals surface area contributed by atoms with E-state index in [2.05, 4.69) is 10.6 Å². The normalized spacial score (nSPS) is 23.0. The summed E-state index contributed by atoms with van der Waals surface area (Å²) in [5.74, 6) is -0.0247. The van der Waals surface area contributed by atoms with E-state index in [4.69, 9.17) is 0 Å². The highest BCUT2D eigenvalue weighted by Crippen LogP contribution is 2.19. The van der Waals surface area contributed by atoms with Gasteiger partial charge in [0.15, 0.2) is 0 Å². The summed E-state index contributed by atoms with van der Waals surface area (Å²) in [6.45, 7) is 5.07. The minimum atomic E-state index is -0.660. The summed E-state index contributed by atoms with van der Waals surface area (Å²) in [6.07, 6.45) is 2.37. The van der Waals surface area contributed by atoms with Crippen LogP contribution in [0.3, 0.4) is 0 Å². The highest BCUT2D eigenvalue weighted by molar-refractivity contribution is 5.86. The second-order valence-corrected chi connectivity index (χ2v) is 5.85. The number of aliphatic hydroxyl groups excluding tert-OH is 1. The van der Waals surface area contributed by atoms with Gasteiger partial charge in [0.05, 0.1) is 11.6 Å². The van der Waals surface area contributed by atoms with Crippen molar-refractivity contribution in [3.63, 3.8) is 0 Å². The first-order valence-corrected chi connectivity index (χ1v) is 7.29. The molecule has 4 nitrogen and oxygen atoms in total. The number of amides is 1. The Hall–Kier alpha value is -1.10. The van der Waals surface area contributed by atoms with E-state index in [1.165, 1.54) is 0 Å². The van der Waals surface area contributed by atoms with Gasteiger partial charge in [0.1, 0.15) is 0 Å². The van der Waals surface area contributed by atoms with Gasteiger partial charge in [-0.05, 0) is 45.2 Å². The molecule has 1 aromatic rings. The van der Waals surface area contributed by atoms with Crippen LogP contribution in [0.25, 0.3) is 0 Å². The van der Waals surface area contributed by atoms with Crippen LogP contribution in [0.15, 0.2) is 24.3 Å². The topological polar surface area (TPSA) is 61.4 Å². The predicted octanol–water partition coefficient (Wildman–Crippen LogP) is 2.10. The number of benzene rings is 1. The summed E-state index contributed by atoms with van der Waals surface area (Å²) >= 11 is 0. The molecule has 21 heavy (non-hydrogen) atoms. The Kier molecular flexibility index (Phi) is 6.65. The van der Waals surface area contributed by atoms with E-state index < -0.39 is 11.6 Å². The minimum absolute atomic E-state index is 0. The molecule has 1 aliphatic heterocycles. The van der Waals surface area contributed by atoms with Crippen molar-refractivity contribution in [3.05, 3.63) is 35.4 Å². The Morgan fingerprint density at radius 2 is 2.05 bits per heavy atom. The van der Waals surface area contributed by atoms with Crippen molar-refractivity contribution in [2.45, 2.75) is 44.8 Å². The van der Waals surface area contributed by atoms with Crippen molar-refractivity contribution in [1.29, 1.82) is 0 Å². The van der Waals surface area contributed by atoms with E-state index >= 15 is 0 Å². The maximum Gasteiger partial charge on any atom is 0.240 e. The van der Waals surface area contributed by atoms with Crippen LogP contribution >= 0.6 is 12.4 Å². The number of carbonyl (C=O) groups is 1. The molecule has 2 unspecified atom stereocenters. The number of aliphatic hydroxyl groups is 1. The average molecular weight is 313 g/mol. The fourth-order valence-corrected chi connectivity index (χ4v) is 2.54. The molecule has 1 aliphatic rings. The smallest absolute Gasteiger partial charge is 0.240 e. The Labute approximate surface area is 132 Å². The van der Waals surface area contributed by atoms with E-state index in [0.717, 1.165) is 36.9 Å². The summed E-state index contributed by atoms with van der Waals surface area (Å²) in [6, 6.07) is 7.72. The second kappa shape index (κ2) is 7.78. The summed E-state index contributed by atoms with van der Waals surface area (Å²) in [5, 5.41) is 16.2. The number of aryl methyl sites for hydroxylation is 1. The zero-order chi connectivity index (χ0) is 14.6. The first-order chi connectivity index (χ1) is 9.51. The average Bonchev–Trinajstić information content (AvgIpc) is 2.46. The summed E-state index contributed by atoms with van der Waals surface area (Å²) in [7, 11) is 0. The zero-order valence-electron chi connectivity index (χ0n) is 12.7. The third-order valence-electron chi connectivity index (χ3n) is 4.04. The van der Waals surface area contributed by atoms with Crippen molar-refractivity contribution < 1.29 is 9.90 Å². The minimum Gasteiger partial charge on any atom is -0.387 e. The monoisotopic (exact) mass is 312 g/mol. The van der Waals surface area contributed by atoms with Gasteiger partial charge < -0.3 is 15.7 Å². The summed E-state index contributed by atoms with van der Waals surface area (Å²) in [5.41, 5.74) is 1.49. The van der Waals surface area contributed by atoms with Gasteiger partial charge in [-0.25, -0.2) is 0 Å². The Morgan fingerprint density at radius 3 is 2.62 bits per heavy atom. The largest absolute Gasteiger partial charge is 0.387 e. The number of carbonyl (C=O) groups excluding carboxylic acids is 1. The maximum absolute atomic E-state index is 12.2. The molecule has 5 heteroatoms. The van der Waals surface area contributed by atoms with Crippen molar-refractivity contribution in [3.8, 4) is 0 Å². The summed E-state index contributed by atoms with van der Waals surface area (Å²) in [4.78, 5) is 12.2. The Bertz CT molecular complexity index is 456. The summed E-state index contributed by atoms with van der Waals surface area (Å²) < 4.78 is 0. The standard InChI is InChI=1S/C16H24N2O2.ClH/c1-12-5-7-13(8-6-12)14(19)11-17-15(20)16(2)9-3-4-10-18-16;/h5-8,14,18-19H,3-4,9-11H2,1-2H3,(H,17,20);1H. The number of hydrogen-bond acceptors (Lipinski definition) is 3. The predicted molar refractivity (Wildman–Crippen MR) is 86.7 cm³/mol. The van der Waals surface area contributed by atoms with E-state index in [1.54, 1.807) is 0 Å². The lowest BCUT2D eigenvalue weighted by Gasteiger charge is -2.33. The van der Waals surface area contributed by atoms with Crippen LogP contribution in [-0.2, 0) is 4.79 Å². The second-order valence-electron chi connectivity index (χ2n) is 5.85. The lowest BCUT2D eigenvalue weighted by atomic mass is 9.90. The van der Waals surface area contributed by atoms with Crippen LogP contribution in [-0.4, -0.2) is 29.6 Å². The van der Waals surface area contributed by atoms with E-state index in [0.29, 0.717) is 0 Å². The molecule has 2 atom stereocenters. The SMILES string of the molecule is Cc1ccc(C(O)CNC(=O)C2(C)CCCCN2)cc1.Cl.